The van der Waals surface area contributed by atoms with Crippen LogP contribution in [0.1, 0.15) is 42.3 Å². The molecule has 0 saturated heterocycles. The first kappa shape index (κ1) is 22.4. The van der Waals surface area contributed by atoms with Gasteiger partial charge in [-0.25, -0.2) is 4.79 Å². The summed E-state index contributed by atoms with van der Waals surface area (Å²) in [5.74, 6) is -7.02. The number of nitrogens with zero attached hydrogens (tertiary/aromatic N) is 1. The molecule has 31 heavy (non-hydrogen) atoms. The molecule has 0 spiro atoms. The maximum absolute atomic E-state index is 16.0. The minimum absolute atomic E-state index is 0.167. The second kappa shape index (κ2) is 7.44. The van der Waals surface area contributed by atoms with Gasteiger partial charge in [0.1, 0.15) is 5.60 Å². The highest BCUT2D eigenvalue weighted by Crippen LogP contribution is 2.50. The number of ketones is 1. The summed E-state index contributed by atoms with van der Waals surface area (Å²) in [6.07, 6.45) is -1.23. The fraction of sp³-hybridized carbons (Fsp3) is 0.348. The van der Waals surface area contributed by atoms with E-state index in [0.717, 1.165) is 4.90 Å². The quantitative estimate of drug-likeness (QED) is 0.738. The molecule has 2 aromatic carbocycles. The van der Waals surface area contributed by atoms with Gasteiger partial charge in [-0.2, -0.15) is 8.78 Å². The molecule has 164 valence electrons. The number of alkyl halides is 2. The van der Waals surface area contributed by atoms with Gasteiger partial charge in [0.05, 0.1) is 0 Å². The number of hydrogen-bond acceptors (Lipinski definition) is 4. The Bertz CT molecular complexity index is 1050. The van der Waals surface area contributed by atoms with Crippen LogP contribution in [0.3, 0.4) is 0 Å². The minimum Gasteiger partial charge on any atom is -0.444 e. The molecular formula is C23H24F2N2O4. The Morgan fingerprint density at radius 3 is 2.26 bits per heavy atom. The summed E-state index contributed by atoms with van der Waals surface area (Å²) in [5, 5.41) is 2.08. The summed E-state index contributed by atoms with van der Waals surface area (Å²) < 4.78 is 37.2. The lowest BCUT2D eigenvalue weighted by Crippen LogP contribution is -2.66. The van der Waals surface area contributed by atoms with Crippen molar-refractivity contribution in [2.45, 2.75) is 44.8 Å². The van der Waals surface area contributed by atoms with E-state index < -0.39 is 34.8 Å². The molecule has 0 aliphatic carbocycles. The summed E-state index contributed by atoms with van der Waals surface area (Å²) >= 11 is 0. The van der Waals surface area contributed by atoms with Crippen LogP contribution in [0, 0.1) is 6.92 Å². The Kier molecular flexibility index (Phi) is 5.38. The average molecular weight is 430 g/mol. The Morgan fingerprint density at radius 1 is 1.06 bits per heavy atom. The molecule has 3 rings (SSSR count). The second-order valence-corrected chi connectivity index (χ2v) is 8.53. The summed E-state index contributed by atoms with van der Waals surface area (Å²) in [6.45, 7) is 6.35. The van der Waals surface area contributed by atoms with Gasteiger partial charge in [-0.3, -0.25) is 14.9 Å². The lowest BCUT2D eigenvalue weighted by molar-refractivity contribution is -0.138. The molecule has 0 saturated carbocycles. The molecule has 1 unspecified atom stereocenters. The number of halogens is 2. The first-order valence-electron chi connectivity index (χ1n) is 9.69. The molecule has 1 heterocycles. The van der Waals surface area contributed by atoms with Crippen molar-refractivity contribution in [3.8, 4) is 0 Å². The van der Waals surface area contributed by atoms with Crippen LogP contribution in [0.4, 0.5) is 19.3 Å². The normalized spacial score (nSPS) is 18.5. The van der Waals surface area contributed by atoms with Crippen LogP contribution in [-0.4, -0.2) is 36.4 Å². The number of carbonyl (C=O) groups excluding carboxylic acids is 3. The molecule has 2 aromatic rings. The Labute approximate surface area is 179 Å². The number of benzene rings is 2. The van der Waals surface area contributed by atoms with Gasteiger partial charge in [0, 0.05) is 23.9 Å². The molecule has 1 aliphatic rings. The van der Waals surface area contributed by atoms with Gasteiger partial charge in [0.25, 0.3) is 5.91 Å². The molecule has 0 fully saturated rings. The zero-order valence-corrected chi connectivity index (χ0v) is 18.0. The van der Waals surface area contributed by atoms with Gasteiger partial charge in [-0.15, -0.1) is 0 Å². The molecule has 2 amide bonds. The predicted octanol–water partition coefficient (Wildman–Crippen LogP) is 4.21. The maximum atomic E-state index is 16.0. The van der Waals surface area contributed by atoms with Gasteiger partial charge in [0.15, 0.2) is 0 Å². The lowest BCUT2D eigenvalue weighted by atomic mass is 9.80. The number of hydrogen-bond donors (Lipinski definition) is 1. The van der Waals surface area contributed by atoms with Crippen molar-refractivity contribution in [2.24, 2.45) is 0 Å². The summed E-state index contributed by atoms with van der Waals surface area (Å²) in [7, 11) is 1.32. The third kappa shape index (κ3) is 3.66. The van der Waals surface area contributed by atoms with Gasteiger partial charge in [-0.1, -0.05) is 48.0 Å². The standard InChI is InChI=1S/C23H24F2N2O4/c1-14-11-12-17-16(13-14)22(19(29)27(17)5,26-20(30)31-21(2,3)4)23(24,25)18(28)15-9-7-6-8-10-15/h6-13H,1-5H3,(H,26,30). The lowest BCUT2D eigenvalue weighted by Gasteiger charge is -2.36. The SMILES string of the molecule is Cc1ccc2c(c1)C(NC(=O)OC(C)(C)C)(C(F)(F)C(=O)c1ccccc1)C(=O)N2C. The van der Waals surface area contributed by atoms with Crippen molar-refractivity contribution in [1.29, 1.82) is 0 Å². The smallest absolute Gasteiger partial charge is 0.408 e. The molecule has 0 radical (unpaired) electrons. The van der Waals surface area contributed by atoms with E-state index in [9.17, 15) is 14.4 Å². The highest BCUT2D eigenvalue weighted by atomic mass is 19.3. The van der Waals surface area contributed by atoms with Crippen LogP contribution >= 0.6 is 0 Å². The van der Waals surface area contributed by atoms with E-state index in [1.165, 1.54) is 43.4 Å². The fourth-order valence-corrected chi connectivity index (χ4v) is 3.62. The number of rotatable bonds is 4. The van der Waals surface area contributed by atoms with E-state index in [0.29, 0.717) is 5.56 Å². The van der Waals surface area contributed by atoms with Crippen LogP contribution < -0.4 is 10.2 Å². The number of ether oxygens (including phenoxy) is 1. The average Bonchev–Trinajstić information content (AvgIpc) is 2.89. The second-order valence-electron chi connectivity index (χ2n) is 8.53. The van der Waals surface area contributed by atoms with E-state index in [1.54, 1.807) is 39.8 Å². The zero-order chi connectivity index (χ0) is 23.2. The Balaban J connectivity index is 2.24. The minimum atomic E-state index is -4.31. The van der Waals surface area contributed by atoms with Crippen LogP contribution in [0.25, 0.3) is 0 Å². The largest absolute Gasteiger partial charge is 0.444 e. The number of Topliss-reactive ketones (excluding diaryl/α,β-unsaturated/α-hetero) is 1. The number of likely N-dealkylation sites (N-methyl/N-ethyl adjacent to an activating group) is 1. The fourth-order valence-electron chi connectivity index (χ4n) is 3.62. The zero-order valence-electron chi connectivity index (χ0n) is 18.0. The van der Waals surface area contributed by atoms with Gasteiger partial charge in [0.2, 0.25) is 11.3 Å². The van der Waals surface area contributed by atoms with Crippen molar-refractivity contribution in [3.63, 3.8) is 0 Å². The van der Waals surface area contributed by atoms with Crippen molar-refractivity contribution in [1.82, 2.24) is 5.32 Å². The number of fused-ring (bicyclic) bond motifs is 1. The highest BCUT2D eigenvalue weighted by molar-refractivity contribution is 6.15. The van der Waals surface area contributed by atoms with E-state index in [1.807, 2.05) is 0 Å². The number of alkyl carbamates (subject to hydrolysis) is 1. The van der Waals surface area contributed by atoms with Gasteiger partial charge in [-0.05, 0) is 33.8 Å². The Hall–Kier alpha value is -3.29. The molecule has 0 bridgehead atoms. The molecule has 1 aliphatic heterocycles. The summed E-state index contributed by atoms with van der Waals surface area (Å²) in [5.41, 5.74) is -3.66. The third-order valence-corrected chi connectivity index (χ3v) is 5.02. The number of carbonyl (C=O) groups is 3. The topological polar surface area (TPSA) is 75.7 Å². The molecular weight excluding hydrogens is 406 g/mol. The Morgan fingerprint density at radius 2 is 1.68 bits per heavy atom. The maximum Gasteiger partial charge on any atom is 0.408 e. The molecule has 8 heteroatoms. The van der Waals surface area contributed by atoms with Gasteiger partial charge >= 0.3 is 12.0 Å². The highest BCUT2D eigenvalue weighted by Gasteiger charge is 2.70. The van der Waals surface area contributed by atoms with Crippen molar-refractivity contribution in [3.05, 3.63) is 65.2 Å². The molecule has 0 aromatic heterocycles. The first-order valence-corrected chi connectivity index (χ1v) is 9.69. The molecule has 6 nitrogen and oxygen atoms in total. The number of amides is 2. The van der Waals surface area contributed by atoms with Crippen molar-refractivity contribution < 1.29 is 27.9 Å². The molecule has 1 N–H and O–H groups in total. The number of aryl methyl sites for hydroxylation is 1. The first-order chi connectivity index (χ1) is 14.3. The monoisotopic (exact) mass is 430 g/mol. The molecule has 1 atom stereocenters. The number of anilines is 1. The van der Waals surface area contributed by atoms with Crippen LogP contribution in [0.5, 0.6) is 0 Å². The predicted molar refractivity (Wildman–Crippen MR) is 111 cm³/mol. The van der Waals surface area contributed by atoms with E-state index >= 15 is 8.78 Å². The van der Waals surface area contributed by atoms with Crippen molar-refractivity contribution >= 4 is 23.5 Å². The van der Waals surface area contributed by atoms with Crippen LogP contribution in [0.15, 0.2) is 48.5 Å². The third-order valence-electron chi connectivity index (χ3n) is 5.02. The van der Waals surface area contributed by atoms with E-state index in [-0.39, 0.29) is 16.8 Å². The van der Waals surface area contributed by atoms with E-state index in [2.05, 4.69) is 5.32 Å². The van der Waals surface area contributed by atoms with Crippen molar-refractivity contribution in [2.75, 3.05) is 11.9 Å². The number of nitrogens with one attached hydrogen (secondary N) is 1. The summed E-state index contributed by atoms with van der Waals surface area (Å²) in [6, 6.07) is 11.5. The van der Waals surface area contributed by atoms with Crippen LogP contribution in [0.2, 0.25) is 0 Å². The van der Waals surface area contributed by atoms with Crippen LogP contribution in [-0.2, 0) is 15.1 Å². The summed E-state index contributed by atoms with van der Waals surface area (Å²) in [4.78, 5) is 39.9. The van der Waals surface area contributed by atoms with E-state index in [4.69, 9.17) is 4.74 Å². The van der Waals surface area contributed by atoms with Gasteiger partial charge < -0.3 is 9.64 Å².